The van der Waals surface area contributed by atoms with Gasteiger partial charge in [0.25, 0.3) is 0 Å². The fourth-order valence-electron chi connectivity index (χ4n) is 1.98. The lowest BCUT2D eigenvalue weighted by atomic mass is 9.98. The van der Waals surface area contributed by atoms with Crippen molar-refractivity contribution in [2.75, 3.05) is 0 Å². The molecule has 0 bridgehead atoms. The Balaban J connectivity index is 4.52. The average molecular weight is 356 g/mol. The van der Waals surface area contributed by atoms with Gasteiger partial charge in [0.15, 0.2) is 5.78 Å². The summed E-state index contributed by atoms with van der Waals surface area (Å²) in [5.74, 6) is -2.48. The summed E-state index contributed by atoms with van der Waals surface area (Å²) in [6, 6.07) is -1.37. The van der Waals surface area contributed by atoms with Crippen LogP contribution in [-0.2, 0) is 23.9 Å². The number of hydrogen-bond acceptors (Lipinski definition) is 6. The normalized spacial score (nSPS) is 16.3. The SMILES string of the molecule is CC(N)C(=O)CC(C)C(=O)NC(C)C(=O)CC(C)C(=O)OC(C)(C)C. The Morgan fingerprint density at radius 3 is 1.84 bits per heavy atom. The van der Waals surface area contributed by atoms with Crippen molar-refractivity contribution in [3.63, 3.8) is 0 Å². The molecule has 144 valence electrons. The minimum atomic E-state index is -0.745. The third-order valence-electron chi connectivity index (χ3n) is 3.62. The Bertz CT molecular complexity index is 508. The molecule has 4 unspecified atom stereocenters. The predicted octanol–water partition coefficient (Wildman–Crippen LogP) is 1.37. The van der Waals surface area contributed by atoms with E-state index in [4.69, 9.17) is 10.5 Å². The van der Waals surface area contributed by atoms with E-state index in [-0.39, 0.29) is 30.3 Å². The van der Waals surface area contributed by atoms with Crippen LogP contribution in [0.4, 0.5) is 0 Å². The van der Waals surface area contributed by atoms with Gasteiger partial charge in [0.2, 0.25) is 5.91 Å². The summed E-state index contributed by atoms with van der Waals surface area (Å²) < 4.78 is 5.24. The van der Waals surface area contributed by atoms with Gasteiger partial charge < -0.3 is 15.8 Å². The Labute approximate surface area is 150 Å². The third kappa shape index (κ3) is 9.34. The van der Waals surface area contributed by atoms with Crippen LogP contribution in [0.3, 0.4) is 0 Å². The summed E-state index contributed by atoms with van der Waals surface area (Å²) in [4.78, 5) is 47.8. The van der Waals surface area contributed by atoms with Crippen LogP contribution >= 0.6 is 0 Å². The van der Waals surface area contributed by atoms with E-state index in [9.17, 15) is 19.2 Å². The van der Waals surface area contributed by atoms with Crippen molar-refractivity contribution >= 4 is 23.4 Å². The molecule has 0 aromatic carbocycles. The van der Waals surface area contributed by atoms with Crippen LogP contribution < -0.4 is 11.1 Å². The lowest BCUT2D eigenvalue weighted by molar-refractivity contribution is -0.160. The topological polar surface area (TPSA) is 116 Å². The minimum Gasteiger partial charge on any atom is -0.460 e. The summed E-state index contributed by atoms with van der Waals surface area (Å²) in [6.45, 7) is 11.6. The fraction of sp³-hybridized carbons (Fsp3) is 0.778. The van der Waals surface area contributed by atoms with Gasteiger partial charge in [0.05, 0.1) is 18.0 Å². The van der Waals surface area contributed by atoms with Gasteiger partial charge in [-0.05, 0) is 34.6 Å². The number of ether oxygens (including phenoxy) is 1. The van der Waals surface area contributed by atoms with E-state index >= 15 is 0 Å². The number of ketones is 2. The lowest BCUT2D eigenvalue weighted by Gasteiger charge is -2.23. The zero-order valence-corrected chi connectivity index (χ0v) is 16.3. The predicted molar refractivity (Wildman–Crippen MR) is 94.7 cm³/mol. The molecule has 0 spiro atoms. The lowest BCUT2D eigenvalue weighted by Crippen LogP contribution is -2.43. The van der Waals surface area contributed by atoms with Crippen molar-refractivity contribution in [1.82, 2.24) is 5.32 Å². The van der Waals surface area contributed by atoms with E-state index in [2.05, 4.69) is 5.32 Å². The molecule has 0 aromatic heterocycles. The van der Waals surface area contributed by atoms with E-state index in [1.54, 1.807) is 48.5 Å². The molecule has 0 aromatic rings. The van der Waals surface area contributed by atoms with Crippen molar-refractivity contribution in [3.05, 3.63) is 0 Å². The molecule has 7 heteroatoms. The van der Waals surface area contributed by atoms with Crippen LogP contribution in [0, 0.1) is 11.8 Å². The van der Waals surface area contributed by atoms with Crippen LogP contribution in [0.5, 0.6) is 0 Å². The molecule has 0 rings (SSSR count). The first-order valence-electron chi connectivity index (χ1n) is 8.58. The molecule has 25 heavy (non-hydrogen) atoms. The number of nitrogens with two attached hydrogens (primary N) is 1. The monoisotopic (exact) mass is 356 g/mol. The molecular formula is C18H32N2O5. The molecule has 0 aliphatic carbocycles. The Morgan fingerprint density at radius 1 is 0.920 bits per heavy atom. The number of rotatable bonds is 9. The number of carbonyl (C=O) groups is 4. The Hall–Kier alpha value is -1.76. The van der Waals surface area contributed by atoms with Gasteiger partial charge in [-0.3, -0.25) is 19.2 Å². The first-order chi connectivity index (χ1) is 11.2. The van der Waals surface area contributed by atoms with Gasteiger partial charge in [-0.25, -0.2) is 0 Å². The number of nitrogens with one attached hydrogen (secondary N) is 1. The molecule has 0 saturated heterocycles. The van der Waals surface area contributed by atoms with Gasteiger partial charge in [-0.2, -0.15) is 0 Å². The zero-order chi connectivity index (χ0) is 19.9. The Morgan fingerprint density at radius 2 is 1.40 bits per heavy atom. The van der Waals surface area contributed by atoms with Crippen LogP contribution in [0.1, 0.15) is 61.3 Å². The molecule has 0 saturated carbocycles. The van der Waals surface area contributed by atoms with E-state index < -0.39 is 35.5 Å². The van der Waals surface area contributed by atoms with Crippen LogP contribution in [-0.4, -0.2) is 41.1 Å². The summed E-state index contributed by atoms with van der Waals surface area (Å²) in [6.07, 6.45) is 0.00221. The average Bonchev–Trinajstić information content (AvgIpc) is 2.44. The summed E-state index contributed by atoms with van der Waals surface area (Å²) in [5, 5.41) is 2.58. The molecule has 7 nitrogen and oxygen atoms in total. The number of Topliss-reactive ketones (excluding diaryl/α,β-unsaturated/α-hetero) is 2. The summed E-state index contributed by atoms with van der Waals surface area (Å²) in [7, 11) is 0. The molecule has 0 heterocycles. The first kappa shape index (κ1) is 23.2. The maximum absolute atomic E-state index is 12.2. The highest BCUT2D eigenvalue weighted by Gasteiger charge is 2.27. The molecule has 0 aliphatic heterocycles. The van der Waals surface area contributed by atoms with Gasteiger partial charge >= 0.3 is 5.97 Å². The summed E-state index contributed by atoms with van der Waals surface area (Å²) in [5.41, 5.74) is 4.87. The standard InChI is InChI=1S/C18H32N2O5/c1-10(8-14(21)12(3)19)16(23)20-13(4)15(22)9-11(2)17(24)25-18(5,6)7/h10-13H,8-9,19H2,1-7H3,(H,20,23). The number of amides is 1. The van der Waals surface area contributed by atoms with Gasteiger partial charge in [0, 0.05) is 18.8 Å². The fourth-order valence-corrected chi connectivity index (χ4v) is 1.98. The van der Waals surface area contributed by atoms with E-state index in [0.717, 1.165) is 0 Å². The maximum atomic E-state index is 12.2. The number of carbonyl (C=O) groups excluding carboxylic acids is 4. The maximum Gasteiger partial charge on any atom is 0.309 e. The second-order valence-corrected chi connectivity index (χ2v) is 7.70. The second kappa shape index (κ2) is 9.65. The number of hydrogen-bond donors (Lipinski definition) is 2. The highest BCUT2D eigenvalue weighted by Crippen LogP contribution is 2.14. The third-order valence-corrected chi connectivity index (χ3v) is 3.62. The van der Waals surface area contributed by atoms with Crippen molar-refractivity contribution in [2.45, 2.75) is 79.0 Å². The molecule has 0 aliphatic rings. The molecule has 0 radical (unpaired) electrons. The van der Waals surface area contributed by atoms with Crippen molar-refractivity contribution in [3.8, 4) is 0 Å². The van der Waals surface area contributed by atoms with Crippen LogP contribution in [0.15, 0.2) is 0 Å². The first-order valence-corrected chi connectivity index (χ1v) is 8.58. The van der Waals surface area contributed by atoms with E-state index in [0.29, 0.717) is 0 Å². The second-order valence-electron chi connectivity index (χ2n) is 7.70. The number of esters is 1. The molecular weight excluding hydrogens is 324 g/mol. The Kier molecular flexibility index (Phi) is 8.97. The highest BCUT2D eigenvalue weighted by molar-refractivity contribution is 5.93. The summed E-state index contributed by atoms with van der Waals surface area (Å²) >= 11 is 0. The smallest absolute Gasteiger partial charge is 0.309 e. The van der Waals surface area contributed by atoms with Crippen molar-refractivity contribution in [1.29, 1.82) is 0 Å². The quantitative estimate of drug-likeness (QED) is 0.603. The van der Waals surface area contributed by atoms with Gasteiger partial charge in [-0.15, -0.1) is 0 Å². The highest BCUT2D eigenvalue weighted by atomic mass is 16.6. The van der Waals surface area contributed by atoms with E-state index in [1.165, 1.54) is 0 Å². The van der Waals surface area contributed by atoms with Gasteiger partial charge in [0.1, 0.15) is 11.4 Å². The molecule has 4 atom stereocenters. The van der Waals surface area contributed by atoms with Crippen molar-refractivity contribution in [2.24, 2.45) is 17.6 Å². The largest absolute Gasteiger partial charge is 0.460 e. The minimum absolute atomic E-state index is 0.0243. The van der Waals surface area contributed by atoms with Crippen LogP contribution in [0.2, 0.25) is 0 Å². The molecule has 3 N–H and O–H groups in total. The van der Waals surface area contributed by atoms with Crippen molar-refractivity contribution < 1.29 is 23.9 Å². The van der Waals surface area contributed by atoms with Crippen LogP contribution in [0.25, 0.3) is 0 Å². The van der Waals surface area contributed by atoms with Gasteiger partial charge in [-0.1, -0.05) is 13.8 Å². The molecule has 1 amide bonds. The molecule has 0 fully saturated rings. The zero-order valence-electron chi connectivity index (χ0n) is 16.3. The van der Waals surface area contributed by atoms with E-state index in [1.807, 2.05) is 0 Å².